The molecule has 30 heavy (non-hydrogen) atoms. The van der Waals surface area contributed by atoms with Gasteiger partial charge in [-0.15, -0.1) is 0 Å². The topological polar surface area (TPSA) is 84.6 Å². The van der Waals surface area contributed by atoms with Gasteiger partial charge >= 0.3 is 0 Å². The van der Waals surface area contributed by atoms with Crippen LogP contribution in [-0.4, -0.2) is 67.3 Å². The van der Waals surface area contributed by atoms with Gasteiger partial charge < -0.3 is 5.11 Å². The van der Waals surface area contributed by atoms with Gasteiger partial charge in [-0.1, -0.05) is 36.4 Å². The summed E-state index contributed by atoms with van der Waals surface area (Å²) in [7, 11) is -3.25. The minimum atomic E-state index is -3.25. The van der Waals surface area contributed by atoms with E-state index in [0.29, 0.717) is 18.7 Å². The zero-order valence-electron chi connectivity index (χ0n) is 17.1. The summed E-state index contributed by atoms with van der Waals surface area (Å²) < 4.78 is 26.0. The Morgan fingerprint density at radius 2 is 1.83 bits per heavy atom. The lowest BCUT2D eigenvalue weighted by Gasteiger charge is -2.57. The molecule has 2 saturated heterocycles. The van der Waals surface area contributed by atoms with Crippen molar-refractivity contribution in [2.45, 2.75) is 30.8 Å². The number of hydrogen-bond donors (Lipinski definition) is 1. The van der Waals surface area contributed by atoms with Crippen LogP contribution in [0.15, 0.2) is 48.5 Å². The molecule has 2 aliphatic heterocycles. The monoisotopic (exact) mass is 425 g/mol. The Morgan fingerprint density at radius 1 is 1.10 bits per heavy atom. The molecule has 0 amide bonds. The molecule has 0 saturated carbocycles. The molecule has 158 valence electrons. The summed E-state index contributed by atoms with van der Waals surface area (Å²) in [5, 5.41) is 19.2. The van der Waals surface area contributed by atoms with Gasteiger partial charge in [-0.25, -0.2) is 12.7 Å². The molecule has 0 spiro atoms. The van der Waals surface area contributed by atoms with Gasteiger partial charge in [-0.05, 0) is 48.2 Å². The standard InChI is InChI=1S/C23H27N3O3S/c1-30(28,29)25-11-2-3-12-26-21(15-25)23(22(26)16-27)19-9-7-18(8-10-19)20-6-4-5-17(13-20)14-24/h4-10,13,21-23,27H,2-3,11-12,15-16H2,1H3/t21-,22-,23-/m1/s1. The van der Waals surface area contributed by atoms with Crippen LogP contribution < -0.4 is 0 Å². The van der Waals surface area contributed by atoms with Crippen molar-refractivity contribution in [3.63, 3.8) is 0 Å². The molecular formula is C23H27N3O3S. The molecular weight excluding hydrogens is 398 g/mol. The van der Waals surface area contributed by atoms with Crippen LogP contribution >= 0.6 is 0 Å². The van der Waals surface area contributed by atoms with E-state index in [1.807, 2.05) is 30.3 Å². The Morgan fingerprint density at radius 3 is 2.50 bits per heavy atom. The summed E-state index contributed by atoms with van der Waals surface area (Å²) in [5.41, 5.74) is 3.76. The van der Waals surface area contributed by atoms with E-state index in [4.69, 9.17) is 5.26 Å². The molecule has 2 fully saturated rings. The second-order valence-corrected chi connectivity index (χ2v) is 10.2. The van der Waals surface area contributed by atoms with Crippen molar-refractivity contribution in [1.82, 2.24) is 9.21 Å². The first-order valence-electron chi connectivity index (χ1n) is 10.3. The van der Waals surface area contributed by atoms with Crippen molar-refractivity contribution in [1.29, 1.82) is 5.26 Å². The Kier molecular flexibility index (Phi) is 5.94. The van der Waals surface area contributed by atoms with Gasteiger partial charge in [0.25, 0.3) is 0 Å². The normalized spacial score (nSPS) is 25.4. The molecule has 0 aromatic heterocycles. The predicted molar refractivity (Wildman–Crippen MR) is 116 cm³/mol. The fraction of sp³-hybridized carbons (Fsp3) is 0.435. The van der Waals surface area contributed by atoms with Crippen molar-refractivity contribution >= 4 is 10.0 Å². The quantitative estimate of drug-likeness (QED) is 0.813. The molecule has 6 nitrogen and oxygen atoms in total. The largest absolute Gasteiger partial charge is 0.395 e. The molecule has 0 aliphatic carbocycles. The van der Waals surface area contributed by atoms with Gasteiger partial charge in [0.05, 0.1) is 24.5 Å². The number of hydrogen-bond acceptors (Lipinski definition) is 5. The van der Waals surface area contributed by atoms with Crippen LogP contribution in [0.25, 0.3) is 11.1 Å². The van der Waals surface area contributed by atoms with E-state index in [2.05, 4.69) is 23.1 Å². The molecule has 2 heterocycles. The van der Waals surface area contributed by atoms with Gasteiger partial charge in [0.15, 0.2) is 0 Å². The van der Waals surface area contributed by atoms with Crippen LogP contribution in [0.4, 0.5) is 0 Å². The van der Waals surface area contributed by atoms with E-state index in [1.165, 1.54) is 6.26 Å². The van der Waals surface area contributed by atoms with Gasteiger partial charge in [0.2, 0.25) is 10.0 Å². The third-order valence-corrected chi connectivity index (χ3v) is 7.69. The Hall–Kier alpha value is -2.24. The number of aliphatic hydroxyl groups is 1. The predicted octanol–water partition coefficient (Wildman–Crippen LogP) is 2.41. The average Bonchev–Trinajstić information content (AvgIpc) is 2.72. The van der Waals surface area contributed by atoms with E-state index in [0.717, 1.165) is 36.1 Å². The number of nitriles is 1. The Balaban J connectivity index is 1.60. The maximum atomic E-state index is 12.2. The number of benzene rings is 2. The van der Waals surface area contributed by atoms with Gasteiger partial charge in [-0.3, -0.25) is 4.90 Å². The highest BCUT2D eigenvalue weighted by Crippen LogP contribution is 2.42. The Bertz CT molecular complexity index is 1050. The number of nitrogens with zero attached hydrogens (tertiary/aromatic N) is 3. The molecule has 0 radical (unpaired) electrons. The minimum absolute atomic E-state index is 0.0160. The molecule has 3 atom stereocenters. The van der Waals surface area contributed by atoms with Crippen LogP contribution in [0.2, 0.25) is 0 Å². The van der Waals surface area contributed by atoms with Crippen LogP contribution in [-0.2, 0) is 10.0 Å². The molecule has 7 heteroatoms. The fourth-order valence-corrected chi connectivity index (χ4v) is 5.76. The van der Waals surface area contributed by atoms with Crippen molar-refractivity contribution in [2.24, 2.45) is 0 Å². The second-order valence-electron chi connectivity index (χ2n) is 8.22. The molecule has 2 aromatic carbocycles. The highest BCUT2D eigenvalue weighted by molar-refractivity contribution is 7.88. The SMILES string of the molecule is CS(=O)(=O)N1CCCCN2[C@H](CO)[C@H](c3ccc(-c4cccc(C#N)c4)cc3)[C@H]2C1. The van der Waals surface area contributed by atoms with E-state index >= 15 is 0 Å². The third kappa shape index (κ3) is 4.01. The van der Waals surface area contributed by atoms with Crippen LogP contribution in [0, 0.1) is 11.3 Å². The maximum absolute atomic E-state index is 12.2. The summed E-state index contributed by atoms with van der Waals surface area (Å²) >= 11 is 0. The van der Waals surface area contributed by atoms with Gasteiger partial charge in [0.1, 0.15) is 0 Å². The maximum Gasteiger partial charge on any atom is 0.211 e. The molecule has 2 aliphatic rings. The van der Waals surface area contributed by atoms with Gasteiger partial charge in [-0.2, -0.15) is 5.26 Å². The average molecular weight is 426 g/mol. The van der Waals surface area contributed by atoms with Crippen molar-refractivity contribution in [3.8, 4) is 17.2 Å². The molecule has 2 aromatic rings. The summed E-state index contributed by atoms with van der Waals surface area (Å²) in [6, 6.07) is 18.0. The van der Waals surface area contributed by atoms with Crippen LogP contribution in [0.3, 0.4) is 0 Å². The zero-order chi connectivity index (χ0) is 21.3. The van der Waals surface area contributed by atoms with Crippen LogP contribution in [0.5, 0.6) is 0 Å². The smallest absolute Gasteiger partial charge is 0.211 e. The first-order chi connectivity index (χ1) is 14.4. The number of sulfonamides is 1. The van der Waals surface area contributed by atoms with Crippen molar-refractivity contribution in [2.75, 3.05) is 32.5 Å². The second kappa shape index (κ2) is 8.48. The van der Waals surface area contributed by atoms with E-state index in [9.17, 15) is 13.5 Å². The van der Waals surface area contributed by atoms with Gasteiger partial charge in [0, 0.05) is 31.1 Å². The van der Waals surface area contributed by atoms with Crippen molar-refractivity contribution < 1.29 is 13.5 Å². The minimum Gasteiger partial charge on any atom is -0.395 e. The summed E-state index contributed by atoms with van der Waals surface area (Å²) in [5.74, 6) is 0.0943. The third-order valence-electron chi connectivity index (χ3n) is 6.42. The first kappa shape index (κ1) is 21.0. The number of rotatable bonds is 4. The van der Waals surface area contributed by atoms with Crippen molar-refractivity contribution in [3.05, 3.63) is 59.7 Å². The first-order valence-corrected chi connectivity index (χ1v) is 12.2. The number of fused-ring (bicyclic) bond motifs is 1. The highest BCUT2D eigenvalue weighted by atomic mass is 32.2. The molecule has 1 N–H and O–H groups in total. The summed E-state index contributed by atoms with van der Waals surface area (Å²) in [4.78, 5) is 2.27. The van der Waals surface area contributed by atoms with Crippen LogP contribution in [0.1, 0.15) is 29.9 Å². The lowest BCUT2D eigenvalue weighted by molar-refractivity contribution is -0.0553. The highest BCUT2D eigenvalue weighted by Gasteiger charge is 2.49. The van der Waals surface area contributed by atoms with E-state index in [-0.39, 0.29) is 24.6 Å². The van der Waals surface area contributed by atoms with E-state index < -0.39 is 10.0 Å². The fourth-order valence-electron chi connectivity index (χ4n) is 4.88. The molecule has 0 unspecified atom stereocenters. The zero-order valence-corrected chi connectivity index (χ0v) is 17.9. The lowest BCUT2D eigenvalue weighted by Crippen LogP contribution is -2.67. The number of aliphatic hydroxyl groups excluding tert-OH is 1. The summed E-state index contributed by atoms with van der Waals surface area (Å²) in [6.45, 7) is 1.98. The molecule has 0 bridgehead atoms. The Labute approximate surface area is 178 Å². The summed E-state index contributed by atoms with van der Waals surface area (Å²) in [6.07, 6.45) is 3.05. The van der Waals surface area contributed by atoms with E-state index in [1.54, 1.807) is 10.4 Å². The lowest BCUT2D eigenvalue weighted by atomic mass is 9.74. The molecule has 4 rings (SSSR count).